The summed E-state index contributed by atoms with van der Waals surface area (Å²) in [7, 11) is -3.59. The minimum absolute atomic E-state index is 0.0720. The van der Waals surface area contributed by atoms with Gasteiger partial charge in [0.15, 0.2) is 11.5 Å². The largest absolute Gasteiger partial charge is 0.380 e. The predicted molar refractivity (Wildman–Crippen MR) is 71.0 cm³/mol. The van der Waals surface area contributed by atoms with Crippen LogP contribution in [-0.2, 0) is 16.5 Å². The average Bonchev–Trinajstić information content (AvgIpc) is 2.69. The van der Waals surface area contributed by atoms with Gasteiger partial charge in [0.05, 0.1) is 17.5 Å². The monoisotopic (exact) mass is 279 g/mol. The van der Waals surface area contributed by atoms with Crippen LogP contribution in [0.3, 0.4) is 0 Å². The molecule has 0 spiro atoms. The van der Waals surface area contributed by atoms with Crippen molar-refractivity contribution in [2.45, 2.75) is 19.3 Å². The highest BCUT2D eigenvalue weighted by atomic mass is 32.2. The lowest BCUT2D eigenvalue weighted by Gasteiger charge is -2.09. The molecule has 1 heterocycles. The van der Waals surface area contributed by atoms with E-state index in [-0.39, 0.29) is 11.5 Å². The van der Waals surface area contributed by atoms with Gasteiger partial charge in [-0.1, -0.05) is 12.1 Å². The normalized spacial score (nSPS) is 15.5. The summed E-state index contributed by atoms with van der Waals surface area (Å²) in [6.07, 6.45) is 3.18. The van der Waals surface area contributed by atoms with E-state index in [0.717, 1.165) is 30.0 Å². The molecule has 1 aliphatic carbocycles. The summed E-state index contributed by atoms with van der Waals surface area (Å²) in [6, 6.07) is 5.18. The fraction of sp³-hybridized carbons (Fsp3) is 0.308. The third-order valence-corrected chi connectivity index (χ3v) is 3.74. The Morgan fingerprint density at radius 2 is 2.05 bits per heavy atom. The Morgan fingerprint density at radius 3 is 2.79 bits per heavy atom. The summed E-state index contributed by atoms with van der Waals surface area (Å²) < 4.78 is 27.5. The smallest absolute Gasteiger partial charge is 0.306 e. The Labute approximate surface area is 110 Å². The van der Waals surface area contributed by atoms with Crippen molar-refractivity contribution in [3.63, 3.8) is 0 Å². The van der Waals surface area contributed by atoms with E-state index in [0.29, 0.717) is 17.6 Å². The summed E-state index contributed by atoms with van der Waals surface area (Å²) >= 11 is 0. The van der Waals surface area contributed by atoms with Crippen molar-refractivity contribution >= 4 is 26.8 Å². The number of fused-ring (bicyclic) bond motifs is 3. The second-order valence-electron chi connectivity index (χ2n) is 4.72. The molecule has 0 aliphatic heterocycles. The van der Waals surface area contributed by atoms with E-state index < -0.39 is 10.1 Å². The van der Waals surface area contributed by atoms with Crippen LogP contribution in [0.1, 0.15) is 28.9 Å². The standard InChI is InChI=1S/C13H13NO4S/c1-19(16,17)18-11-7-3-5-9-8-4-2-6-10(15)12(8)14-13(9)11/h3,5,7,14H,2,4,6H2,1H3. The molecule has 1 aliphatic rings. The maximum absolute atomic E-state index is 11.9. The number of rotatable bonds is 2. The number of H-pyrrole nitrogens is 1. The quantitative estimate of drug-likeness (QED) is 0.853. The lowest BCUT2D eigenvalue weighted by atomic mass is 9.95. The third-order valence-electron chi connectivity index (χ3n) is 3.25. The van der Waals surface area contributed by atoms with Crippen molar-refractivity contribution in [3.05, 3.63) is 29.5 Å². The first-order valence-corrected chi connectivity index (χ1v) is 7.83. The maximum Gasteiger partial charge on any atom is 0.306 e. The van der Waals surface area contributed by atoms with Crippen LogP contribution in [0.5, 0.6) is 5.75 Å². The minimum Gasteiger partial charge on any atom is -0.380 e. The average molecular weight is 279 g/mol. The number of aromatic nitrogens is 1. The van der Waals surface area contributed by atoms with Gasteiger partial charge in [-0.2, -0.15) is 8.42 Å². The first-order chi connectivity index (χ1) is 8.96. The molecule has 0 amide bonds. The van der Waals surface area contributed by atoms with Crippen molar-refractivity contribution in [2.75, 3.05) is 6.26 Å². The molecule has 1 aromatic heterocycles. The topological polar surface area (TPSA) is 76.2 Å². The molecule has 1 N–H and O–H groups in total. The van der Waals surface area contributed by atoms with Gasteiger partial charge >= 0.3 is 10.1 Å². The number of nitrogens with one attached hydrogen (secondary N) is 1. The number of carbonyl (C=O) groups is 1. The van der Waals surface area contributed by atoms with Gasteiger partial charge in [-0.25, -0.2) is 0 Å². The van der Waals surface area contributed by atoms with Gasteiger partial charge in [-0.3, -0.25) is 4.79 Å². The highest BCUT2D eigenvalue weighted by molar-refractivity contribution is 7.86. The molecule has 1 aromatic carbocycles. The molecule has 3 rings (SSSR count). The highest BCUT2D eigenvalue weighted by Crippen LogP contribution is 2.34. The van der Waals surface area contributed by atoms with Gasteiger partial charge in [0.2, 0.25) is 0 Å². The van der Waals surface area contributed by atoms with E-state index in [1.54, 1.807) is 12.1 Å². The number of Topliss-reactive ketones (excluding diaryl/α,β-unsaturated/α-hetero) is 1. The number of carbonyl (C=O) groups excluding carboxylic acids is 1. The number of hydrogen-bond acceptors (Lipinski definition) is 4. The van der Waals surface area contributed by atoms with Gasteiger partial charge < -0.3 is 9.17 Å². The molecular formula is C13H13NO4S. The molecular weight excluding hydrogens is 266 g/mol. The minimum atomic E-state index is -3.59. The van der Waals surface area contributed by atoms with Crippen LogP contribution in [-0.4, -0.2) is 25.4 Å². The Hall–Kier alpha value is -1.82. The molecule has 6 heteroatoms. The fourth-order valence-electron chi connectivity index (χ4n) is 2.53. The molecule has 0 atom stereocenters. The van der Waals surface area contributed by atoms with Gasteiger partial charge in [-0.05, 0) is 24.5 Å². The first-order valence-electron chi connectivity index (χ1n) is 6.02. The Morgan fingerprint density at radius 1 is 1.26 bits per heavy atom. The second-order valence-corrected chi connectivity index (χ2v) is 6.30. The van der Waals surface area contributed by atoms with Crippen molar-refractivity contribution in [2.24, 2.45) is 0 Å². The maximum atomic E-state index is 11.9. The van der Waals surface area contributed by atoms with E-state index in [1.165, 1.54) is 0 Å². The molecule has 0 unspecified atom stereocenters. The molecule has 2 aromatic rings. The molecule has 0 saturated carbocycles. The van der Waals surface area contributed by atoms with Crippen LogP contribution < -0.4 is 4.18 Å². The van der Waals surface area contributed by atoms with Crippen molar-refractivity contribution in [1.29, 1.82) is 0 Å². The lowest BCUT2D eigenvalue weighted by Crippen LogP contribution is -2.09. The van der Waals surface area contributed by atoms with Crippen LogP contribution in [0.4, 0.5) is 0 Å². The Bertz CT molecular complexity index is 773. The van der Waals surface area contributed by atoms with Crippen molar-refractivity contribution < 1.29 is 17.4 Å². The molecule has 0 fully saturated rings. The zero-order valence-electron chi connectivity index (χ0n) is 10.4. The van der Waals surface area contributed by atoms with Gasteiger partial charge in [0.1, 0.15) is 0 Å². The van der Waals surface area contributed by atoms with Gasteiger partial charge in [-0.15, -0.1) is 0 Å². The molecule has 0 saturated heterocycles. The first kappa shape index (κ1) is 12.2. The van der Waals surface area contributed by atoms with Crippen LogP contribution in [0, 0.1) is 0 Å². The Kier molecular flexibility index (Phi) is 2.63. The van der Waals surface area contributed by atoms with Crippen molar-refractivity contribution in [1.82, 2.24) is 4.98 Å². The molecule has 5 nitrogen and oxygen atoms in total. The van der Waals surface area contributed by atoms with E-state index in [2.05, 4.69) is 4.98 Å². The van der Waals surface area contributed by atoms with Crippen molar-refractivity contribution in [3.8, 4) is 5.75 Å². The van der Waals surface area contributed by atoms with Crippen LogP contribution in [0.2, 0.25) is 0 Å². The molecule has 19 heavy (non-hydrogen) atoms. The fourth-order valence-corrected chi connectivity index (χ4v) is 2.99. The van der Waals surface area contributed by atoms with E-state index in [1.807, 2.05) is 6.07 Å². The zero-order valence-corrected chi connectivity index (χ0v) is 11.2. The van der Waals surface area contributed by atoms with Crippen LogP contribution >= 0.6 is 0 Å². The number of benzene rings is 1. The second kappa shape index (κ2) is 4.09. The molecule has 0 radical (unpaired) electrons. The molecule has 0 bridgehead atoms. The third kappa shape index (κ3) is 2.12. The highest BCUT2D eigenvalue weighted by Gasteiger charge is 2.23. The molecule has 100 valence electrons. The number of ketones is 1. The summed E-state index contributed by atoms with van der Waals surface area (Å²) in [4.78, 5) is 14.9. The Balaban J connectivity index is 2.24. The predicted octanol–water partition coefficient (Wildman–Crippen LogP) is 2.03. The van der Waals surface area contributed by atoms with Gasteiger partial charge in [0, 0.05) is 11.8 Å². The van der Waals surface area contributed by atoms with Crippen LogP contribution in [0.25, 0.3) is 10.9 Å². The van der Waals surface area contributed by atoms with Gasteiger partial charge in [0.25, 0.3) is 0 Å². The summed E-state index contributed by atoms with van der Waals surface area (Å²) in [5.74, 6) is 0.310. The van der Waals surface area contributed by atoms with E-state index in [9.17, 15) is 13.2 Å². The number of aryl methyl sites for hydroxylation is 1. The van der Waals surface area contributed by atoms with E-state index >= 15 is 0 Å². The lowest BCUT2D eigenvalue weighted by molar-refractivity contribution is 0.0968. The summed E-state index contributed by atoms with van der Waals surface area (Å²) in [5, 5.41) is 0.865. The van der Waals surface area contributed by atoms with E-state index in [4.69, 9.17) is 4.18 Å². The van der Waals surface area contributed by atoms with Crippen LogP contribution in [0.15, 0.2) is 18.2 Å². The number of para-hydroxylation sites is 1. The summed E-state index contributed by atoms with van der Waals surface area (Å²) in [5.41, 5.74) is 2.13. The number of aromatic amines is 1. The zero-order chi connectivity index (χ0) is 13.6. The SMILES string of the molecule is CS(=O)(=O)Oc1cccc2c3c([nH]c12)C(=O)CCC3. The summed E-state index contributed by atoms with van der Waals surface area (Å²) in [6.45, 7) is 0. The number of hydrogen-bond donors (Lipinski definition) is 1.